The Balaban J connectivity index is -0.0000000970. The molecule has 21 nitrogen and oxygen atoms in total. The van der Waals surface area contributed by atoms with E-state index < -0.39 is 94.2 Å². The van der Waals surface area contributed by atoms with Crippen LogP contribution in [0.2, 0.25) is 0 Å². The number of carboxylic acid groups (broad SMARTS) is 7. The van der Waals surface area contributed by atoms with Crippen LogP contribution in [0, 0.1) is 0 Å². The molecule has 0 saturated carbocycles. The molecule has 0 fully saturated rings. The molecule has 0 spiro atoms. The number of aliphatic carboxylic acids is 7. The number of aliphatic hydroxyl groups is 1. The van der Waals surface area contributed by atoms with Gasteiger partial charge >= 0.3 is 148 Å². The van der Waals surface area contributed by atoms with E-state index in [1.165, 1.54) is 0 Å². The topological polar surface area (TPSA) is 377 Å². The van der Waals surface area contributed by atoms with Crippen LogP contribution in [0.5, 0.6) is 0 Å². The van der Waals surface area contributed by atoms with E-state index in [-0.39, 0.29) is 131 Å². The molecule has 0 radical (unpaired) electrons. The van der Waals surface area contributed by atoms with Gasteiger partial charge in [0.25, 0.3) is 0 Å². The zero-order valence-corrected chi connectivity index (χ0v) is 31.9. The first-order chi connectivity index (χ1) is 17.0. The Morgan fingerprint density at radius 3 is 1.00 bits per heavy atom. The molecule has 0 aromatic rings. The second-order valence-electron chi connectivity index (χ2n) is 6.90. The summed E-state index contributed by atoms with van der Waals surface area (Å²) in [6, 6.07) is 0. The molecule has 220 valence electrons. The summed E-state index contributed by atoms with van der Waals surface area (Å²) in [7, 11) is -5.14. The second kappa shape index (κ2) is 30.0. The smallest absolute Gasteiger partial charge is 0.790 e. The number of carboxylic acids is 7. The quantitative estimate of drug-likeness (QED) is 0.0592. The summed E-state index contributed by atoms with van der Waals surface area (Å²) in [6.07, 6.45) is -2.29. The largest absolute Gasteiger partial charge is 1.00 e. The molecule has 0 amide bonds. The summed E-state index contributed by atoms with van der Waals surface area (Å²) >= 11 is 0. The van der Waals surface area contributed by atoms with Crippen molar-refractivity contribution in [1.29, 1.82) is 0 Å². The summed E-state index contributed by atoms with van der Waals surface area (Å²) in [5.41, 5.74) is -2.74. The maximum atomic E-state index is 10.5. The number of carbonyl (C=O) groups excluding carboxylic acids is 2. The van der Waals surface area contributed by atoms with Gasteiger partial charge < -0.3 is 69.7 Å². The first-order valence-corrected chi connectivity index (χ1v) is 10.9. The molecule has 0 atom stereocenters. The standard InChI is InChI=1S/C10H16N2O8.C6H8O7.4Na.H3O4P/c13-7(14)3-11(4-8(15)16)1-2-12(5-9(17)18)6-10(19)20;7-3(8)1-6(13,5(11)12)2-4(9)10;;;;;1-5(2,3)4/h1-6H2,(H,13,14)(H,15,16)(H,17,18)(H,19,20);13H,1-2H2,(H,7,8)(H,9,10)(H,11,12);;;;;(H3,1,2,3,4)/q;;4*+1;/p-4. The number of phosphoric acid groups is 1. The van der Waals surface area contributed by atoms with Crippen molar-refractivity contribution in [3.05, 3.63) is 0 Å². The van der Waals surface area contributed by atoms with Crippen LogP contribution in [0.15, 0.2) is 0 Å². The van der Waals surface area contributed by atoms with Crippen molar-refractivity contribution in [1.82, 2.24) is 9.80 Å². The van der Waals surface area contributed by atoms with Crippen molar-refractivity contribution in [2.24, 2.45) is 0 Å². The van der Waals surface area contributed by atoms with E-state index in [0.29, 0.717) is 0 Å². The van der Waals surface area contributed by atoms with Crippen LogP contribution in [-0.2, 0) is 38.1 Å². The molecular formula is C16H23N2Na4O19P. The minimum Gasteiger partial charge on any atom is -0.790 e. The van der Waals surface area contributed by atoms with Gasteiger partial charge in [0.1, 0.15) is 0 Å². The van der Waals surface area contributed by atoms with E-state index in [0.717, 1.165) is 9.80 Å². The first-order valence-electron chi connectivity index (χ1n) is 9.40. The van der Waals surface area contributed by atoms with Gasteiger partial charge in [0, 0.05) is 26.2 Å². The van der Waals surface area contributed by atoms with Gasteiger partial charge in [-0.3, -0.25) is 29.0 Å². The van der Waals surface area contributed by atoms with Crippen LogP contribution in [0.3, 0.4) is 0 Å². The van der Waals surface area contributed by atoms with Crippen LogP contribution in [0.4, 0.5) is 0 Å². The summed E-state index contributed by atoms with van der Waals surface area (Å²) < 4.78 is 8.66. The number of rotatable bonds is 16. The van der Waals surface area contributed by atoms with Gasteiger partial charge in [-0.1, -0.05) is 0 Å². The van der Waals surface area contributed by atoms with Gasteiger partial charge in [0.05, 0.1) is 45.7 Å². The second-order valence-corrected chi connectivity index (χ2v) is 7.84. The minimum atomic E-state index is -5.14. The minimum absolute atomic E-state index is 0. The summed E-state index contributed by atoms with van der Waals surface area (Å²) in [6.45, 7) is -2.75. The molecule has 7 N–H and O–H groups in total. The predicted octanol–water partition coefficient (Wildman–Crippen LogP) is -20.2. The molecule has 0 aliphatic rings. The molecule has 0 aliphatic heterocycles. The first kappa shape index (κ1) is 57.9. The maximum absolute atomic E-state index is 10.5. The molecule has 0 rings (SSSR count). The third-order valence-corrected chi connectivity index (χ3v) is 3.44. The van der Waals surface area contributed by atoms with E-state index in [1.54, 1.807) is 0 Å². The number of nitrogens with zero attached hydrogens (tertiary/aromatic N) is 2. The van der Waals surface area contributed by atoms with E-state index in [1.807, 2.05) is 0 Å². The average Bonchev–Trinajstić information content (AvgIpc) is 2.61. The Kier molecular flexibility index (Phi) is 41.3. The number of carbonyl (C=O) groups is 7. The van der Waals surface area contributed by atoms with Gasteiger partial charge in [0.15, 0.2) is 5.60 Å². The molecule has 0 heterocycles. The molecule has 0 bridgehead atoms. The van der Waals surface area contributed by atoms with Gasteiger partial charge in [0.2, 0.25) is 0 Å². The van der Waals surface area contributed by atoms with Gasteiger partial charge in [-0.05, 0) is 0 Å². The van der Waals surface area contributed by atoms with Crippen molar-refractivity contribution in [3.8, 4) is 0 Å². The fourth-order valence-corrected chi connectivity index (χ4v) is 2.17. The fraction of sp³-hybridized carbons (Fsp3) is 0.562. The van der Waals surface area contributed by atoms with Crippen LogP contribution in [0.25, 0.3) is 0 Å². The van der Waals surface area contributed by atoms with Crippen LogP contribution < -0.4 is 138 Å². The van der Waals surface area contributed by atoms with E-state index >= 15 is 0 Å². The Bertz CT molecular complexity index is 826. The van der Waals surface area contributed by atoms with Crippen LogP contribution >= 0.6 is 7.82 Å². The Morgan fingerprint density at radius 1 is 0.595 bits per heavy atom. The zero-order valence-electron chi connectivity index (χ0n) is 23.0. The third kappa shape index (κ3) is 44.7. The van der Waals surface area contributed by atoms with E-state index in [2.05, 4.69) is 0 Å². The van der Waals surface area contributed by atoms with Gasteiger partial charge in [-0.2, -0.15) is 0 Å². The van der Waals surface area contributed by atoms with E-state index in [9.17, 15) is 43.8 Å². The van der Waals surface area contributed by atoms with Crippen molar-refractivity contribution < 1.29 is 212 Å². The Labute approximate surface area is 325 Å². The number of hydrogen-bond donors (Lipinski definition) is 7. The number of hydrogen-bond acceptors (Lipinski definition) is 15. The molecule has 0 aliphatic carbocycles. The van der Waals surface area contributed by atoms with Gasteiger partial charge in [-0.15, -0.1) is 0 Å². The molecule has 42 heavy (non-hydrogen) atoms. The fourth-order valence-electron chi connectivity index (χ4n) is 2.17. The Hall–Kier alpha value is 0.280. The van der Waals surface area contributed by atoms with E-state index in [4.69, 9.17) is 49.9 Å². The maximum Gasteiger partial charge on any atom is 1.00 e. The molecular weight excluding hydrogens is 647 g/mol. The third-order valence-electron chi connectivity index (χ3n) is 3.44. The van der Waals surface area contributed by atoms with Crippen LogP contribution in [0.1, 0.15) is 12.8 Å². The van der Waals surface area contributed by atoms with Crippen molar-refractivity contribution in [3.63, 3.8) is 0 Å². The summed E-state index contributed by atoms with van der Waals surface area (Å²) in [5.74, 6) is -10.5. The Morgan fingerprint density at radius 2 is 0.833 bits per heavy atom. The SMILES string of the molecule is O=C(O)CC(O)(CC(=O)O)C(=O)O.O=C([O-])CN(CCN(CC(=O)O)CC(=O)O)CC(=O)[O-].O=P([O-])([O-])O.[Na+].[Na+].[Na+].[Na+]. The van der Waals surface area contributed by atoms with Crippen LogP contribution in [-0.4, -0.2) is 132 Å². The van der Waals surface area contributed by atoms with Gasteiger partial charge in [-0.25, -0.2) is 4.79 Å². The molecule has 0 saturated heterocycles. The zero-order chi connectivity index (χ0) is 30.9. The average molecular weight is 670 g/mol. The molecule has 0 aromatic carbocycles. The molecule has 0 unspecified atom stereocenters. The normalized spacial score (nSPS) is 9.86. The monoisotopic (exact) mass is 670 g/mol. The summed E-state index contributed by atoms with van der Waals surface area (Å²) in [4.78, 5) is 98.7. The molecule has 26 heteroatoms. The van der Waals surface area contributed by atoms with Crippen molar-refractivity contribution >= 4 is 49.6 Å². The summed E-state index contributed by atoms with van der Waals surface area (Å²) in [5, 5.41) is 71.9. The molecule has 0 aromatic heterocycles. The van der Waals surface area contributed by atoms with Crippen molar-refractivity contribution in [2.75, 3.05) is 39.3 Å². The predicted molar refractivity (Wildman–Crippen MR) is 105 cm³/mol. The van der Waals surface area contributed by atoms with Crippen molar-refractivity contribution in [2.45, 2.75) is 18.4 Å².